The summed E-state index contributed by atoms with van der Waals surface area (Å²) in [5.41, 5.74) is 5.54. The van der Waals surface area contributed by atoms with Crippen LogP contribution in [-0.2, 0) is 0 Å². The van der Waals surface area contributed by atoms with Crippen LogP contribution in [0.2, 0.25) is 5.02 Å². The largest absolute Gasteiger partial charge is 0.348 e. The van der Waals surface area contributed by atoms with Crippen LogP contribution in [0.25, 0.3) is 0 Å². The van der Waals surface area contributed by atoms with Gasteiger partial charge in [-0.15, -0.1) is 0 Å². The minimum atomic E-state index is -0.534. The van der Waals surface area contributed by atoms with E-state index in [1.165, 1.54) is 6.07 Å². The highest BCUT2D eigenvalue weighted by atomic mass is 35.5. The van der Waals surface area contributed by atoms with E-state index in [9.17, 15) is 9.18 Å². The lowest BCUT2D eigenvalue weighted by Crippen LogP contribution is -2.37. The lowest BCUT2D eigenvalue weighted by atomic mass is 10.2. The summed E-state index contributed by atoms with van der Waals surface area (Å²) in [7, 11) is 0. The number of rotatable bonds is 3. The van der Waals surface area contributed by atoms with Crippen LogP contribution in [0.1, 0.15) is 17.3 Å². The van der Waals surface area contributed by atoms with Gasteiger partial charge in [0.15, 0.2) is 0 Å². The molecule has 0 unspecified atom stereocenters. The Balaban J connectivity index is 2.82. The van der Waals surface area contributed by atoms with Crippen molar-refractivity contribution >= 4 is 17.5 Å². The number of amides is 1. The SMILES string of the molecule is C[C@@H](CN)NC(=O)c1cc(F)cc(Cl)c1. The summed E-state index contributed by atoms with van der Waals surface area (Å²) in [5.74, 6) is -0.914. The van der Waals surface area contributed by atoms with Crippen molar-refractivity contribution in [3.63, 3.8) is 0 Å². The van der Waals surface area contributed by atoms with Crippen molar-refractivity contribution in [2.24, 2.45) is 5.73 Å². The fourth-order valence-corrected chi connectivity index (χ4v) is 1.27. The molecule has 0 spiro atoms. The lowest BCUT2D eigenvalue weighted by molar-refractivity contribution is 0.0941. The van der Waals surface area contributed by atoms with Gasteiger partial charge in [0.2, 0.25) is 0 Å². The summed E-state index contributed by atoms with van der Waals surface area (Å²) in [6.07, 6.45) is 0. The van der Waals surface area contributed by atoms with Crippen molar-refractivity contribution in [2.45, 2.75) is 13.0 Å². The molecule has 0 fully saturated rings. The van der Waals surface area contributed by atoms with Gasteiger partial charge in [-0.05, 0) is 25.1 Å². The van der Waals surface area contributed by atoms with Crippen LogP contribution < -0.4 is 11.1 Å². The van der Waals surface area contributed by atoms with Crippen molar-refractivity contribution in [1.82, 2.24) is 5.32 Å². The van der Waals surface area contributed by atoms with Crippen molar-refractivity contribution in [3.8, 4) is 0 Å². The monoisotopic (exact) mass is 230 g/mol. The van der Waals surface area contributed by atoms with Crippen LogP contribution in [0.5, 0.6) is 0 Å². The first-order valence-corrected chi connectivity index (χ1v) is 4.87. The van der Waals surface area contributed by atoms with E-state index >= 15 is 0 Å². The molecule has 1 amide bonds. The Morgan fingerprint density at radius 3 is 2.80 bits per heavy atom. The molecule has 1 aromatic rings. The molecule has 3 nitrogen and oxygen atoms in total. The van der Waals surface area contributed by atoms with Gasteiger partial charge < -0.3 is 11.1 Å². The minimum absolute atomic E-state index is 0.153. The molecular weight excluding hydrogens is 219 g/mol. The van der Waals surface area contributed by atoms with Crippen molar-refractivity contribution < 1.29 is 9.18 Å². The van der Waals surface area contributed by atoms with Crippen LogP contribution >= 0.6 is 11.6 Å². The van der Waals surface area contributed by atoms with Crippen molar-refractivity contribution in [2.75, 3.05) is 6.54 Å². The van der Waals surface area contributed by atoms with Gasteiger partial charge >= 0.3 is 0 Å². The highest BCUT2D eigenvalue weighted by Crippen LogP contribution is 2.14. The highest BCUT2D eigenvalue weighted by Gasteiger charge is 2.10. The molecule has 1 aromatic carbocycles. The van der Waals surface area contributed by atoms with Crippen LogP contribution in [0.4, 0.5) is 4.39 Å². The maximum absolute atomic E-state index is 12.9. The van der Waals surface area contributed by atoms with E-state index in [4.69, 9.17) is 17.3 Å². The molecule has 0 radical (unpaired) electrons. The summed E-state index contributed by atoms with van der Waals surface area (Å²) < 4.78 is 12.9. The average molecular weight is 231 g/mol. The fraction of sp³-hybridized carbons (Fsp3) is 0.300. The van der Waals surface area contributed by atoms with Crippen molar-refractivity contribution in [1.29, 1.82) is 0 Å². The van der Waals surface area contributed by atoms with Crippen LogP contribution in [-0.4, -0.2) is 18.5 Å². The first-order chi connectivity index (χ1) is 7.02. The Labute approximate surface area is 92.4 Å². The number of halogens is 2. The summed E-state index contributed by atoms with van der Waals surface area (Å²) in [6.45, 7) is 2.09. The number of benzene rings is 1. The van der Waals surface area contributed by atoms with Gasteiger partial charge in [-0.25, -0.2) is 4.39 Å². The number of nitrogens with two attached hydrogens (primary N) is 1. The second-order valence-electron chi connectivity index (χ2n) is 3.27. The zero-order chi connectivity index (χ0) is 11.4. The molecule has 0 saturated heterocycles. The first-order valence-electron chi connectivity index (χ1n) is 4.50. The van der Waals surface area contributed by atoms with E-state index < -0.39 is 5.82 Å². The highest BCUT2D eigenvalue weighted by molar-refractivity contribution is 6.31. The number of nitrogens with one attached hydrogen (secondary N) is 1. The maximum atomic E-state index is 12.9. The quantitative estimate of drug-likeness (QED) is 0.828. The van der Waals surface area contributed by atoms with E-state index in [-0.39, 0.29) is 22.5 Å². The standard InChI is InChI=1S/C10H12ClFN2O/c1-6(5-13)14-10(15)7-2-8(11)4-9(12)3-7/h2-4,6H,5,13H2,1H3,(H,14,15)/t6-/m0/s1. The fourth-order valence-electron chi connectivity index (χ4n) is 1.05. The van der Waals surface area contributed by atoms with Gasteiger partial charge in [-0.1, -0.05) is 11.6 Å². The molecule has 0 aliphatic carbocycles. The van der Waals surface area contributed by atoms with Gasteiger partial charge in [0.25, 0.3) is 5.91 Å². The minimum Gasteiger partial charge on any atom is -0.348 e. The Hall–Kier alpha value is -1.13. The molecule has 0 saturated carbocycles. The summed E-state index contributed by atoms with van der Waals surface area (Å²) >= 11 is 5.62. The molecule has 15 heavy (non-hydrogen) atoms. The second-order valence-corrected chi connectivity index (χ2v) is 3.70. The molecule has 0 aromatic heterocycles. The molecular formula is C10H12ClFN2O. The number of hydrogen-bond donors (Lipinski definition) is 2. The summed E-state index contributed by atoms with van der Waals surface area (Å²) in [6, 6.07) is 3.53. The van der Waals surface area contributed by atoms with E-state index in [1.54, 1.807) is 6.92 Å². The topological polar surface area (TPSA) is 55.1 Å². The molecule has 82 valence electrons. The van der Waals surface area contributed by atoms with Gasteiger partial charge in [0.05, 0.1) is 0 Å². The molecule has 3 N–H and O–H groups in total. The zero-order valence-corrected chi connectivity index (χ0v) is 9.01. The van der Waals surface area contributed by atoms with Gasteiger partial charge in [0.1, 0.15) is 5.82 Å². The third-order valence-electron chi connectivity index (χ3n) is 1.86. The number of carbonyl (C=O) groups excluding carboxylic acids is 1. The Bertz CT molecular complexity index is 350. The van der Waals surface area contributed by atoms with E-state index in [2.05, 4.69) is 5.32 Å². The molecule has 0 aliphatic rings. The average Bonchev–Trinajstić information content (AvgIpc) is 2.16. The van der Waals surface area contributed by atoms with Crippen LogP contribution in [0, 0.1) is 5.82 Å². The van der Waals surface area contributed by atoms with Gasteiger partial charge in [-0.3, -0.25) is 4.79 Å². The van der Waals surface area contributed by atoms with Gasteiger partial charge in [0, 0.05) is 23.2 Å². The second kappa shape index (κ2) is 5.09. The predicted octanol–water partition coefficient (Wildman–Crippen LogP) is 1.56. The third-order valence-corrected chi connectivity index (χ3v) is 2.07. The maximum Gasteiger partial charge on any atom is 0.251 e. The molecule has 0 heterocycles. The smallest absolute Gasteiger partial charge is 0.251 e. The van der Waals surface area contributed by atoms with Crippen LogP contribution in [0.3, 0.4) is 0 Å². The molecule has 1 rings (SSSR count). The Morgan fingerprint density at radius 1 is 1.60 bits per heavy atom. The summed E-state index contributed by atoms with van der Waals surface area (Å²) in [5, 5.41) is 2.81. The number of hydrogen-bond acceptors (Lipinski definition) is 2. The molecule has 0 bridgehead atoms. The lowest BCUT2D eigenvalue weighted by Gasteiger charge is -2.11. The van der Waals surface area contributed by atoms with E-state index in [0.29, 0.717) is 6.54 Å². The zero-order valence-electron chi connectivity index (χ0n) is 8.26. The van der Waals surface area contributed by atoms with E-state index in [1.807, 2.05) is 0 Å². The van der Waals surface area contributed by atoms with Crippen LogP contribution in [0.15, 0.2) is 18.2 Å². The first kappa shape index (κ1) is 11.9. The van der Waals surface area contributed by atoms with Gasteiger partial charge in [-0.2, -0.15) is 0 Å². The Morgan fingerprint density at radius 2 is 2.27 bits per heavy atom. The molecule has 5 heteroatoms. The third kappa shape index (κ3) is 3.49. The molecule has 1 atom stereocenters. The summed E-state index contributed by atoms with van der Waals surface area (Å²) in [4.78, 5) is 11.5. The normalized spacial score (nSPS) is 12.3. The number of carbonyl (C=O) groups is 1. The van der Waals surface area contributed by atoms with Crippen molar-refractivity contribution in [3.05, 3.63) is 34.6 Å². The Kier molecular flexibility index (Phi) is 4.05. The molecule has 0 aliphatic heterocycles. The predicted molar refractivity (Wildman–Crippen MR) is 57.4 cm³/mol. The van der Waals surface area contributed by atoms with E-state index in [0.717, 1.165) is 12.1 Å².